The summed E-state index contributed by atoms with van der Waals surface area (Å²) in [6.07, 6.45) is 1.52. The highest BCUT2D eigenvalue weighted by molar-refractivity contribution is 9.09. The van der Waals surface area contributed by atoms with Crippen molar-refractivity contribution in [3.63, 3.8) is 0 Å². The van der Waals surface area contributed by atoms with Gasteiger partial charge < -0.3 is 9.47 Å². The van der Waals surface area contributed by atoms with E-state index >= 15 is 0 Å². The van der Waals surface area contributed by atoms with Gasteiger partial charge >= 0.3 is 5.97 Å². The molecular weight excluding hydrogens is 262 g/mol. The molecule has 0 spiro atoms. The van der Waals surface area contributed by atoms with Crippen LogP contribution >= 0.6 is 15.9 Å². The van der Waals surface area contributed by atoms with Crippen molar-refractivity contribution in [2.24, 2.45) is 0 Å². The molecule has 0 radical (unpaired) electrons. The first-order valence-electron chi connectivity index (χ1n) is 4.60. The highest BCUT2D eigenvalue weighted by Gasteiger charge is 2.07. The number of carbonyl (C=O) groups is 1. The number of nitrogens with zero attached hydrogens (tertiary/aromatic N) is 1. The van der Waals surface area contributed by atoms with Crippen molar-refractivity contribution in [3.05, 3.63) is 23.9 Å². The lowest BCUT2D eigenvalue weighted by atomic mass is 10.3. The predicted molar refractivity (Wildman–Crippen MR) is 59.5 cm³/mol. The molecule has 4 nitrogen and oxygen atoms in total. The molecule has 0 bridgehead atoms. The van der Waals surface area contributed by atoms with Crippen LogP contribution in [-0.2, 0) is 4.74 Å². The van der Waals surface area contributed by atoms with Gasteiger partial charge in [-0.15, -0.1) is 0 Å². The maximum absolute atomic E-state index is 11.4. The Hall–Kier alpha value is -1.10. The Labute approximate surface area is 96.7 Å². The summed E-state index contributed by atoms with van der Waals surface area (Å²) in [7, 11) is 0. The van der Waals surface area contributed by atoms with Crippen molar-refractivity contribution >= 4 is 21.9 Å². The molecule has 0 saturated heterocycles. The van der Waals surface area contributed by atoms with Gasteiger partial charge in [0.15, 0.2) is 0 Å². The third-order valence-corrected chi connectivity index (χ3v) is 1.90. The molecule has 82 valence electrons. The first-order valence-corrected chi connectivity index (χ1v) is 5.72. The molecule has 0 aromatic carbocycles. The average Bonchev–Trinajstić information content (AvgIpc) is 2.27. The number of pyridine rings is 1. The van der Waals surface area contributed by atoms with Crippen LogP contribution in [0.2, 0.25) is 0 Å². The minimum absolute atomic E-state index is 0.358. The van der Waals surface area contributed by atoms with Crippen molar-refractivity contribution in [2.75, 3.05) is 18.5 Å². The van der Waals surface area contributed by atoms with Crippen LogP contribution in [0.3, 0.4) is 0 Å². The Morgan fingerprint density at radius 3 is 3.07 bits per heavy atom. The maximum atomic E-state index is 11.4. The van der Waals surface area contributed by atoms with Gasteiger partial charge in [-0.05, 0) is 13.0 Å². The molecule has 0 N–H and O–H groups in total. The van der Waals surface area contributed by atoms with Gasteiger partial charge in [-0.25, -0.2) is 9.78 Å². The lowest BCUT2D eigenvalue weighted by Gasteiger charge is -2.05. The summed E-state index contributed by atoms with van der Waals surface area (Å²) in [6, 6.07) is 3.17. The molecule has 0 aliphatic carbocycles. The number of halogens is 1. The fourth-order valence-corrected chi connectivity index (χ4v) is 1.13. The normalized spacial score (nSPS) is 9.73. The molecule has 0 saturated carbocycles. The van der Waals surface area contributed by atoms with E-state index in [9.17, 15) is 4.79 Å². The fourth-order valence-electron chi connectivity index (χ4n) is 0.973. The Morgan fingerprint density at radius 1 is 1.60 bits per heavy atom. The number of esters is 1. The van der Waals surface area contributed by atoms with Crippen LogP contribution in [0, 0.1) is 0 Å². The van der Waals surface area contributed by atoms with Crippen LogP contribution < -0.4 is 4.74 Å². The number of aromatic nitrogens is 1. The van der Waals surface area contributed by atoms with Gasteiger partial charge in [-0.2, -0.15) is 0 Å². The molecule has 0 amide bonds. The predicted octanol–water partition coefficient (Wildman–Crippen LogP) is 2.03. The zero-order valence-corrected chi connectivity index (χ0v) is 9.99. The van der Waals surface area contributed by atoms with Crippen molar-refractivity contribution in [2.45, 2.75) is 6.92 Å². The van der Waals surface area contributed by atoms with E-state index in [0.717, 1.165) is 5.33 Å². The van der Waals surface area contributed by atoms with Gasteiger partial charge in [0.2, 0.25) is 5.88 Å². The molecule has 1 heterocycles. The first kappa shape index (κ1) is 12.0. The largest absolute Gasteiger partial charge is 0.477 e. The summed E-state index contributed by atoms with van der Waals surface area (Å²) in [5.74, 6) is 0.0728. The van der Waals surface area contributed by atoms with Gasteiger partial charge in [0.25, 0.3) is 0 Å². The lowest BCUT2D eigenvalue weighted by molar-refractivity contribution is 0.0525. The number of ether oxygens (including phenoxy) is 2. The van der Waals surface area contributed by atoms with Gasteiger partial charge in [0.05, 0.1) is 18.8 Å². The minimum atomic E-state index is -0.358. The molecule has 1 aromatic heterocycles. The van der Waals surface area contributed by atoms with Gasteiger partial charge in [0, 0.05) is 17.6 Å². The number of hydrogen-bond acceptors (Lipinski definition) is 4. The molecule has 0 fully saturated rings. The second kappa shape index (κ2) is 6.40. The fraction of sp³-hybridized carbons (Fsp3) is 0.400. The Morgan fingerprint density at radius 2 is 2.40 bits per heavy atom. The van der Waals surface area contributed by atoms with Crippen molar-refractivity contribution < 1.29 is 14.3 Å². The van der Waals surface area contributed by atoms with E-state index in [1.807, 2.05) is 0 Å². The van der Waals surface area contributed by atoms with Crippen LogP contribution in [-0.4, -0.2) is 29.5 Å². The van der Waals surface area contributed by atoms with E-state index in [2.05, 4.69) is 20.9 Å². The second-order valence-corrected chi connectivity index (χ2v) is 3.43. The number of carbonyl (C=O) groups excluding carboxylic acids is 1. The summed E-state index contributed by atoms with van der Waals surface area (Å²) in [5, 5.41) is 0.721. The van der Waals surface area contributed by atoms with Gasteiger partial charge in [0.1, 0.15) is 0 Å². The Balaban J connectivity index is 2.69. The smallest absolute Gasteiger partial charge is 0.338 e. The highest BCUT2D eigenvalue weighted by Crippen LogP contribution is 2.10. The summed E-state index contributed by atoms with van der Waals surface area (Å²) < 4.78 is 10.1. The molecule has 1 aromatic rings. The minimum Gasteiger partial charge on any atom is -0.477 e. The van der Waals surface area contributed by atoms with Crippen LogP contribution in [0.4, 0.5) is 0 Å². The summed E-state index contributed by atoms with van der Waals surface area (Å²) in [6.45, 7) is 2.64. The standard InChI is InChI=1S/C10H12BrNO3/c1-2-14-10(13)8-3-5-12-9(7-8)15-6-4-11/h3,5,7H,2,4,6H2,1H3. The first-order chi connectivity index (χ1) is 7.27. The van der Waals surface area contributed by atoms with Crippen molar-refractivity contribution in [1.29, 1.82) is 0 Å². The Kier molecular flexibility index (Phi) is 5.10. The topological polar surface area (TPSA) is 48.4 Å². The Bertz CT molecular complexity index is 330. The molecule has 5 heteroatoms. The van der Waals surface area contributed by atoms with Gasteiger partial charge in [-0.1, -0.05) is 15.9 Å². The van der Waals surface area contributed by atoms with Gasteiger partial charge in [-0.3, -0.25) is 0 Å². The third-order valence-electron chi connectivity index (χ3n) is 1.57. The molecule has 0 atom stereocenters. The van der Waals surface area contributed by atoms with Crippen LogP contribution in [0.1, 0.15) is 17.3 Å². The summed E-state index contributed by atoms with van der Waals surface area (Å²) in [4.78, 5) is 15.3. The second-order valence-electron chi connectivity index (χ2n) is 2.64. The average molecular weight is 274 g/mol. The van der Waals surface area contributed by atoms with E-state index in [0.29, 0.717) is 24.7 Å². The van der Waals surface area contributed by atoms with Crippen LogP contribution in [0.15, 0.2) is 18.3 Å². The monoisotopic (exact) mass is 273 g/mol. The summed E-state index contributed by atoms with van der Waals surface area (Å²) in [5.41, 5.74) is 0.455. The van der Waals surface area contributed by atoms with Crippen molar-refractivity contribution in [3.8, 4) is 5.88 Å². The van der Waals surface area contributed by atoms with E-state index < -0.39 is 0 Å². The highest BCUT2D eigenvalue weighted by atomic mass is 79.9. The SMILES string of the molecule is CCOC(=O)c1ccnc(OCCBr)c1. The van der Waals surface area contributed by atoms with Crippen molar-refractivity contribution in [1.82, 2.24) is 4.98 Å². The molecule has 15 heavy (non-hydrogen) atoms. The molecule has 1 rings (SSSR count). The summed E-state index contributed by atoms with van der Waals surface area (Å²) >= 11 is 3.23. The molecule has 0 unspecified atom stereocenters. The van der Waals surface area contributed by atoms with E-state index in [4.69, 9.17) is 9.47 Å². The van der Waals surface area contributed by atoms with Crippen LogP contribution in [0.25, 0.3) is 0 Å². The van der Waals surface area contributed by atoms with E-state index in [-0.39, 0.29) is 5.97 Å². The number of alkyl halides is 1. The molecule has 0 aliphatic heterocycles. The lowest BCUT2D eigenvalue weighted by Crippen LogP contribution is -2.06. The third kappa shape index (κ3) is 3.87. The zero-order valence-electron chi connectivity index (χ0n) is 8.40. The molecule has 0 aliphatic rings. The van der Waals surface area contributed by atoms with Crippen LogP contribution in [0.5, 0.6) is 5.88 Å². The number of rotatable bonds is 5. The zero-order chi connectivity index (χ0) is 11.1. The molecular formula is C10H12BrNO3. The van der Waals surface area contributed by atoms with E-state index in [1.165, 1.54) is 6.20 Å². The number of hydrogen-bond donors (Lipinski definition) is 0. The van der Waals surface area contributed by atoms with E-state index in [1.54, 1.807) is 19.1 Å². The quantitative estimate of drug-likeness (QED) is 0.609. The maximum Gasteiger partial charge on any atom is 0.338 e.